The maximum Gasteiger partial charge on any atom is 0.407 e. The van der Waals surface area contributed by atoms with Crippen LogP contribution in [-0.4, -0.2) is 66.8 Å². The highest BCUT2D eigenvalue weighted by Crippen LogP contribution is 2.14. The van der Waals surface area contributed by atoms with Gasteiger partial charge in [-0.2, -0.15) is 8.42 Å². The summed E-state index contributed by atoms with van der Waals surface area (Å²) in [6.45, 7) is 4.56. The first-order valence-electron chi connectivity index (χ1n) is 11.5. The lowest BCUT2D eigenvalue weighted by atomic mass is 9.99. The van der Waals surface area contributed by atoms with Gasteiger partial charge < -0.3 is 26.4 Å². The van der Waals surface area contributed by atoms with E-state index in [0.717, 1.165) is 6.92 Å². The molecule has 0 aliphatic rings. The number of hydrogen-bond acceptors (Lipinski definition) is 9. The van der Waals surface area contributed by atoms with Gasteiger partial charge in [-0.15, -0.1) is 0 Å². The highest BCUT2D eigenvalue weighted by molar-refractivity contribution is 7.87. The summed E-state index contributed by atoms with van der Waals surface area (Å²) in [4.78, 5) is 59.8. The lowest BCUT2D eigenvalue weighted by Gasteiger charge is -2.17. The molecule has 0 aliphatic heterocycles. The van der Waals surface area contributed by atoms with Crippen LogP contribution in [0.15, 0.2) is 24.3 Å². The Hall–Kier alpha value is -3.36. The molecule has 0 fully saturated rings. The van der Waals surface area contributed by atoms with Crippen molar-refractivity contribution in [2.24, 2.45) is 11.7 Å². The molecule has 37 heavy (non-hydrogen) atoms. The number of nitrogens with one attached hydrogen (secondary N) is 3. The minimum absolute atomic E-state index is 0.0267. The van der Waals surface area contributed by atoms with Crippen molar-refractivity contribution in [3.63, 3.8) is 0 Å². The molecule has 3 amide bonds. The van der Waals surface area contributed by atoms with Crippen LogP contribution < -0.4 is 21.7 Å². The van der Waals surface area contributed by atoms with Crippen LogP contribution in [0, 0.1) is 5.92 Å². The standard InChI is InChI=1S/C23H34N4O9S/c1-14(12-19(29)8-9-20(16(3)28)37(33,34)35)21(30)26-15(2)22(31)27-18-6-4-17(5-7-18)13-36-23(32)25-11-10-24/h4-7,14-15,20H,8-13,24H2,1-3H3,(H,25,32)(H,26,30)(H,27,31)(H,33,34,35)/t14-,15+,20?/m1/s1. The number of Topliss-reactive ketones (excluding diaryl/α,β-unsaturated/α-hetero) is 2. The first-order valence-corrected chi connectivity index (χ1v) is 13.0. The molecule has 1 rings (SSSR count). The van der Waals surface area contributed by atoms with E-state index in [1.165, 1.54) is 13.8 Å². The number of benzene rings is 1. The summed E-state index contributed by atoms with van der Waals surface area (Å²) in [5, 5.41) is 5.92. The number of alkyl carbamates (subject to hydrolysis) is 1. The summed E-state index contributed by atoms with van der Waals surface area (Å²) in [6, 6.07) is 5.58. The van der Waals surface area contributed by atoms with Crippen molar-refractivity contribution in [1.82, 2.24) is 10.6 Å². The number of carbonyl (C=O) groups is 5. The lowest BCUT2D eigenvalue weighted by molar-refractivity contribution is -0.131. The van der Waals surface area contributed by atoms with Crippen LogP contribution in [0.25, 0.3) is 0 Å². The predicted molar refractivity (Wildman–Crippen MR) is 134 cm³/mol. The fourth-order valence-electron chi connectivity index (χ4n) is 3.12. The van der Waals surface area contributed by atoms with Crippen LogP contribution in [-0.2, 0) is 40.6 Å². The maximum atomic E-state index is 12.4. The van der Waals surface area contributed by atoms with Gasteiger partial charge in [-0.25, -0.2) is 4.79 Å². The minimum atomic E-state index is -4.62. The van der Waals surface area contributed by atoms with Crippen LogP contribution in [0.1, 0.15) is 45.6 Å². The number of ketones is 2. The third kappa shape index (κ3) is 11.9. The summed E-state index contributed by atoms with van der Waals surface area (Å²) in [5.74, 6) is -3.13. The van der Waals surface area contributed by atoms with Gasteiger partial charge in [0.25, 0.3) is 10.1 Å². The summed E-state index contributed by atoms with van der Waals surface area (Å²) in [6.07, 6.45) is -1.52. The Morgan fingerprint density at radius 3 is 2.22 bits per heavy atom. The van der Waals surface area contributed by atoms with Gasteiger partial charge in [0.1, 0.15) is 29.5 Å². The number of ether oxygens (including phenoxy) is 1. The fourth-order valence-corrected chi connectivity index (χ4v) is 3.96. The van der Waals surface area contributed by atoms with Crippen LogP contribution >= 0.6 is 0 Å². The van der Waals surface area contributed by atoms with E-state index in [4.69, 9.17) is 15.0 Å². The number of rotatable bonds is 15. The van der Waals surface area contributed by atoms with Gasteiger partial charge >= 0.3 is 6.09 Å². The molecule has 3 atom stereocenters. The Morgan fingerprint density at radius 1 is 1.05 bits per heavy atom. The molecule has 0 heterocycles. The first kappa shape index (κ1) is 31.7. The molecule has 14 heteroatoms. The molecule has 0 bridgehead atoms. The van der Waals surface area contributed by atoms with E-state index in [0.29, 0.717) is 24.3 Å². The Balaban J connectivity index is 2.50. The quantitative estimate of drug-likeness (QED) is 0.194. The van der Waals surface area contributed by atoms with Crippen molar-refractivity contribution >= 4 is 45.3 Å². The van der Waals surface area contributed by atoms with Crippen LogP contribution in [0.5, 0.6) is 0 Å². The van der Waals surface area contributed by atoms with E-state index in [2.05, 4.69) is 16.0 Å². The van der Waals surface area contributed by atoms with Crippen molar-refractivity contribution in [1.29, 1.82) is 0 Å². The second kappa shape index (κ2) is 15.0. The number of carbonyl (C=O) groups excluding carboxylic acids is 5. The van der Waals surface area contributed by atoms with Gasteiger partial charge in [0.05, 0.1) is 0 Å². The monoisotopic (exact) mass is 542 g/mol. The van der Waals surface area contributed by atoms with E-state index in [1.807, 2.05) is 0 Å². The smallest absolute Gasteiger partial charge is 0.407 e. The fraction of sp³-hybridized carbons (Fsp3) is 0.522. The molecule has 0 spiro atoms. The maximum absolute atomic E-state index is 12.4. The molecular formula is C23H34N4O9S. The normalized spacial score (nSPS) is 13.5. The molecule has 0 saturated heterocycles. The molecule has 0 aromatic heterocycles. The average molecular weight is 543 g/mol. The molecule has 206 valence electrons. The van der Waals surface area contributed by atoms with Crippen LogP contribution in [0.2, 0.25) is 0 Å². The molecule has 1 aromatic rings. The first-order chi connectivity index (χ1) is 17.2. The number of amides is 3. The van der Waals surface area contributed by atoms with Crippen molar-refractivity contribution in [2.45, 2.75) is 57.9 Å². The molecule has 0 radical (unpaired) electrons. The van der Waals surface area contributed by atoms with Gasteiger partial charge in [-0.05, 0) is 38.0 Å². The van der Waals surface area contributed by atoms with Crippen molar-refractivity contribution in [3.05, 3.63) is 29.8 Å². The van der Waals surface area contributed by atoms with E-state index in [1.54, 1.807) is 24.3 Å². The third-order valence-corrected chi connectivity index (χ3v) is 6.52. The highest BCUT2D eigenvalue weighted by Gasteiger charge is 2.29. The average Bonchev–Trinajstić information content (AvgIpc) is 2.81. The molecule has 13 nitrogen and oxygen atoms in total. The summed E-state index contributed by atoms with van der Waals surface area (Å²) >= 11 is 0. The third-order valence-electron chi connectivity index (χ3n) is 5.24. The molecule has 1 unspecified atom stereocenters. The van der Waals surface area contributed by atoms with Gasteiger partial charge in [0.15, 0.2) is 0 Å². The minimum Gasteiger partial charge on any atom is -0.445 e. The second-order valence-electron chi connectivity index (χ2n) is 8.50. The highest BCUT2D eigenvalue weighted by atomic mass is 32.2. The molecule has 0 aliphatic carbocycles. The van der Waals surface area contributed by atoms with E-state index >= 15 is 0 Å². The van der Waals surface area contributed by atoms with E-state index in [9.17, 15) is 32.4 Å². The topological polar surface area (TPSA) is 211 Å². The zero-order valence-electron chi connectivity index (χ0n) is 21.0. The van der Waals surface area contributed by atoms with Gasteiger partial charge in [-0.3, -0.25) is 23.7 Å². The SMILES string of the molecule is CC(=O)C(CCC(=O)C[C@@H](C)C(=O)N[C@@H](C)C(=O)Nc1ccc(COC(=O)NCCN)cc1)S(=O)(=O)O. The number of nitrogens with two attached hydrogens (primary N) is 1. The molecule has 6 N–H and O–H groups in total. The Kier molecular flexibility index (Phi) is 12.9. The summed E-state index contributed by atoms with van der Waals surface area (Å²) in [7, 11) is -4.62. The second-order valence-corrected chi connectivity index (χ2v) is 10.1. The van der Waals surface area contributed by atoms with Crippen molar-refractivity contribution < 1.29 is 41.7 Å². The molecule has 0 saturated carbocycles. The summed E-state index contributed by atoms with van der Waals surface area (Å²) < 4.78 is 36.6. The van der Waals surface area contributed by atoms with E-state index in [-0.39, 0.29) is 25.9 Å². The zero-order valence-corrected chi connectivity index (χ0v) is 21.8. The Morgan fingerprint density at radius 2 is 1.68 bits per heavy atom. The van der Waals surface area contributed by atoms with Crippen molar-refractivity contribution in [2.75, 3.05) is 18.4 Å². The Bertz CT molecular complexity index is 1070. The molecule has 1 aromatic carbocycles. The lowest BCUT2D eigenvalue weighted by Crippen LogP contribution is -2.44. The summed E-state index contributed by atoms with van der Waals surface area (Å²) in [5.41, 5.74) is 6.42. The van der Waals surface area contributed by atoms with Crippen LogP contribution in [0.4, 0.5) is 10.5 Å². The van der Waals surface area contributed by atoms with Crippen LogP contribution in [0.3, 0.4) is 0 Å². The van der Waals surface area contributed by atoms with Gasteiger partial charge in [0, 0.05) is 37.5 Å². The number of hydrogen-bond donors (Lipinski definition) is 5. The molecular weight excluding hydrogens is 508 g/mol. The van der Waals surface area contributed by atoms with Gasteiger partial charge in [0.2, 0.25) is 11.8 Å². The van der Waals surface area contributed by atoms with E-state index < -0.39 is 56.8 Å². The Labute approximate surface area is 215 Å². The van der Waals surface area contributed by atoms with Crippen molar-refractivity contribution in [3.8, 4) is 0 Å². The zero-order chi connectivity index (χ0) is 28.2. The van der Waals surface area contributed by atoms with Gasteiger partial charge in [-0.1, -0.05) is 19.1 Å². The largest absolute Gasteiger partial charge is 0.445 e. The number of anilines is 1. The predicted octanol–water partition coefficient (Wildman–Crippen LogP) is 0.536.